The van der Waals surface area contributed by atoms with Gasteiger partial charge in [-0.25, -0.2) is 0 Å². The first-order valence-corrected chi connectivity index (χ1v) is 5.10. The van der Waals surface area contributed by atoms with Crippen LogP contribution in [-0.4, -0.2) is 50.3 Å². The molecule has 0 saturated carbocycles. The Kier molecular flexibility index (Phi) is 2.74. The molecule has 14 heavy (non-hydrogen) atoms. The lowest BCUT2D eigenvalue weighted by Gasteiger charge is -2.45. The van der Waals surface area contributed by atoms with Gasteiger partial charge in [0, 0.05) is 12.1 Å². The van der Waals surface area contributed by atoms with Gasteiger partial charge in [0.1, 0.15) is 0 Å². The first-order chi connectivity index (χ1) is 6.72. The van der Waals surface area contributed by atoms with Crippen LogP contribution >= 0.6 is 0 Å². The zero-order valence-electron chi connectivity index (χ0n) is 8.73. The highest BCUT2D eigenvalue weighted by Crippen LogP contribution is 2.30. The minimum absolute atomic E-state index is 0.0602. The fourth-order valence-corrected chi connectivity index (χ4v) is 2.45. The summed E-state index contributed by atoms with van der Waals surface area (Å²) in [6.07, 6.45) is 1.75. The van der Waals surface area contributed by atoms with Crippen LogP contribution in [0.1, 0.15) is 12.8 Å². The molecule has 0 aliphatic carbocycles. The van der Waals surface area contributed by atoms with Crippen LogP contribution < -0.4 is 0 Å². The van der Waals surface area contributed by atoms with E-state index in [9.17, 15) is 4.79 Å². The summed E-state index contributed by atoms with van der Waals surface area (Å²) in [5.41, 5.74) is 0. The summed E-state index contributed by atoms with van der Waals surface area (Å²) in [7, 11) is 3.58. The smallest absolute Gasteiger partial charge is 0.308 e. The van der Waals surface area contributed by atoms with Crippen molar-refractivity contribution in [1.29, 1.82) is 0 Å². The van der Waals surface area contributed by atoms with Gasteiger partial charge in [-0.1, -0.05) is 0 Å². The molecule has 2 aliphatic rings. The molecule has 0 aromatic rings. The molecule has 0 aromatic carbocycles. The molecule has 80 valence electrons. The molecule has 0 N–H and O–H groups in total. The average Bonchev–Trinajstić information content (AvgIpc) is 2.16. The third-order valence-electron chi connectivity index (χ3n) is 3.42. The van der Waals surface area contributed by atoms with E-state index in [1.807, 2.05) is 0 Å². The Morgan fingerprint density at radius 1 is 1.36 bits per heavy atom. The van der Waals surface area contributed by atoms with E-state index in [0.29, 0.717) is 12.1 Å². The van der Waals surface area contributed by atoms with E-state index in [1.165, 1.54) is 7.11 Å². The number of esters is 1. The first-order valence-electron chi connectivity index (χ1n) is 5.10. The predicted octanol–water partition coefficient (Wildman–Crippen LogP) is 0.269. The molecular weight excluding hydrogens is 182 g/mol. The fraction of sp³-hybridized carbons (Fsp3) is 0.900. The van der Waals surface area contributed by atoms with E-state index < -0.39 is 0 Å². The van der Waals surface area contributed by atoms with Crippen molar-refractivity contribution in [1.82, 2.24) is 4.90 Å². The van der Waals surface area contributed by atoms with Crippen molar-refractivity contribution in [2.75, 3.05) is 27.4 Å². The first kappa shape index (κ1) is 9.93. The van der Waals surface area contributed by atoms with Crippen molar-refractivity contribution >= 4 is 5.97 Å². The summed E-state index contributed by atoms with van der Waals surface area (Å²) in [4.78, 5) is 13.8. The van der Waals surface area contributed by atoms with Crippen molar-refractivity contribution in [3.63, 3.8) is 0 Å². The molecular formula is C10H17NO3. The Labute approximate surface area is 84.2 Å². The number of nitrogens with zero attached hydrogens (tertiary/aromatic N) is 1. The van der Waals surface area contributed by atoms with E-state index in [1.54, 1.807) is 0 Å². The van der Waals surface area contributed by atoms with Crippen LogP contribution in [-0.2, 0) is 14.3 Å². The summed E-state index contributed by atoms with van der Waals surface area (Å²) in [6.45, 7) is 1.50. The zero-order valence-corrected chi connectivity index (χ0v) is 8.73. The largest absolute Gasteiger partial charge is 0.469 e. The van der Waals surface area contributed by atoms with Crippen LogP contribution in [0.25, 0.3) is 0 Å². The number of hydrogen-bond acceptors (Lipinski definition) is 4. The topological polar surface area (TPSA) is 38.8 Å². The molecule has 0 radical (unpaired) electrons. The van der Waals surface area contributed by atoms with Gasteiger partial charge in [0.05, 0.1) is 26.2 Å². The predicted molar refractivity (Wildman–Crippen MR) is 50.9 cm³/mol. The summed E-state index contributed by atoms with van der Waals surface area (Å²) >= 11 is 0. The van der Waals surface area contributed by atoms with Gasteiger partial charge in [0.15, 0.2) is 0 Å². The number of carbonyl (C=O) groups excluding carboxylic acids is 1. The average molecular weight is 199 g/mol. The lowest BCUT2D eigenvalue weighted by molar-refractivity contribution is -0.153. The van der Waals surface area contributed by atoms with Crippen LogP contribution in [0.4, 0.5) is 0 Å². The molecule has 4 heteroatoms. The van der Waals surface area contributed by atoms with Gasteiger partial charge in [0.25, 0.3) is 0 Å². The number of ether oxygens (including phenoxy) is 2. The summed E-state index contributed by atoms with van der Waals surface area (Å²) in [6, 6.07) is 0.790. The SMILES string of the molecule is COC(=O)C1CC2COCC(C1)N2C. The van der Waals surface area contributed by atoms with Crippen LogP contribution in [0.15, 0.2) is 0 Å². The second-order valence-corrected chi connectivity index (χ2v) is 4.20. The third kappa shape index (κ3) is 1.64. The normalized spacial score (nSPS) is 38.0. The van der Waals surface area contributed by atoms with Crippen LogP contribution in [0.3, 0.4) is 0 Å². The summed E-state index contributed by atoms with van der Waals surface area (Å²) in [5.74, 6) is 0.0186. The van der Waals surface area contributed by atoms with E-state index in [-0.39, 0.29) is 11.9 Å². The number of morpholine rings is 1. The molecule has 2 unspecified atom stereocenters. The Morgan fingerprint density at radius 3 is 2.43 bits per heavy atom. The zero-order chi connectivity index (χ0) is 10.1. The van der Waals surface area contributed by atoms with E-state index in [4.69, 9.17) is 9.47 Å². The fourth-order valence-electron chi connectivity index (χ4n) is 2.45. The highest BCUT2D eigenvalue weighted by atomic mass is 16.5. The molecule has 2 saturated heterocycles. The van der Waals surface area contributed by atoms with Gasteiger partial charge in [-0.3, -0.25) is 9.69 Å². The minimum Gasteiger partial charge on any atom is -0.469 e. The molecule has 4 nitrogen and oxygen atoms in total. The Hall–Kier alpha value is -0.610. The second kappa shape index (κ2) is 3.87. The Bertz CT molecular complexity index is 217. The van der Waals surface area contributed by atoms with E-state index >= 15 is 0 Å². The van der Waals surface area contributed by atoms with Crippen molar-refractivity contribution in [2.24, 2.45) is 5.92 Å². The third-order valence-corrected chi connectivity index (χ3v) is 3.42. The molecule has 2 heterocycles. The number of hydrogen-bond donors (Lipinski definition) is 0. The standard InChI is InChI=1S/C10H17NO3/c1-11-8-3-7(10(12)13-2)4-9(11)6-14-5-8/h7-9H,3-6H2,1-2H3. The van der Waals surface area contributed by atoms with Gasteiger partial charge in [0.2, 0.25) is 0 Å². The molecule has 2 fully saturated rings. The number of likely N-dealkylation sites (N-methyl/N-ethyl adjacent to an activating group) is 1. The lowest BCUT2D eigenvalue weighted by Crippen LogP contribution is -2.55. The lowest BCUT2D eigenvalue weighted by atomic mass is 9.85. The summed E-state index contributed by atoms with van der Waals surface area (Å²) in [5, 5.41) is 0. The second-order valence-electron chi connectivity index (χ2n) is 4.20. The van der Waals surface area contributed by atoms with E-state index in [2.05, 4.69) is 11.9 Å². The maximum atomic E-state index is 11.4. The molecule has 0 spiro atoms. The van der Waals surface area contributed by atoms with E-state index in [0.717, 1.165) is 26.1 Å². The molecule has 2 rings (SSSR count). The van der Waals surface area contributed by atoms with Gasteiger partial charge >= 0.3 is 5.97 Å². The van der Waals surface area contributed by atoms with Crippen molar-refractivity contribution < 1.29 is 14.3 Å². The molecule has 2 atom stereocenters. The molecule has 0 amide bonds. The number of fused-ring (bicyclic) bond motifs is 2. The highest BCUT2D eigenvalue weighted by molar-refractivity contribution is 5.72. The number of carbonyl (C=O) groups is 1. The molecule has 2 aliphatic heterocycles. The van der Waals surface area contributed by atoms with Gasteiger partial charge in [-0.2, -0.15) is 0 Å². The monoisotopic (exact) mass is 199 g/mol. The molecule has 2 bridgehead atoms. The van der Waals surface area contributed by atoms with Crippen LogP contribution in [0.2, 0.25) is 0 Å². The van der Waals surface area contributed by atoms with Crippen LogP contribution in [0, 0.1) is 5.92 Å². The van der Waals surface area contributed by atoms with Crippen LogP contribution in [0.5, 0.6) is 0 Å². The number of piperidine rings is 1. The van der Waals surface area contributed by atoms with Gasteiger partial charge in [-0.15, -0.1) is 0 Å². The minimum atomic E-state index is -0.0602. The van der Waals surface area contributed by atoms with Gasteiger partial charge in [-0.05, 0) is 19.9 Å². The van der Waals surface area contributed by atoms with Crippen molar-refractivity contribution in [3.05, 3.63) is 0 Å². The Morgan fingerprint density at radius 2 is 1.93 bits per heavy atom. The Balaban J connectivity index is 2.03. The van der Waals surface area contributed by atoms with Crippen molar-refractivity contribution in [3.8, 4) is 0 Å². The van der Waals surface area contributed by atoms with Gasteiger partial charge < -0.3 is 9.47 Å². The highest BCUT2D eigenvalue weighted by Gasteiger charge is 2.39. The summed E-state index contributed by atoms with van der Waals surface area (Å²) < 4.78 is 10.3. The number of methoxy groups -OCH3 is 1. The van der Waals surface area contributed by atoms with Crippen molar-refractivity contribution in [2.45, 2.75) is 24.9 Å². The molecule has 0 aromatic heterocycles. The number of rotatable bonds is 1. The quantitative estimate of drug-likeness (QED) is 0.568. The maximum absolute atomic E-state index is 11.4. The maximum Gasteiger partial charge on any atom is 0.308 e.